The summed E-state index contributed by atoms with van der Waals surface area (Å²) in [6, 6.07) is 12.7. The number of carbonyl (C=O) groups excluding carboxylic acids is 1. The van der Waals surface area contributed by atoms with Gasteiger partial charge in [0.1, 0.15) is 12.4 Å². The molecule has 1 N–H and O–H groups in total. The fourth-order valence-corrected chi connectivity index (χ4v) is 2.75. The maximum atomic E-state index is 12.5. The molecule has 0 saturated carbocycles. The summed E-state index contributed by atoms with van der Waals surface area (Å²) in [5.74, 6) is 1.19. The van der Waals surface area contributed by atoms with Gasteiger partial charge >= 0.3 is 0 Å². The third kappa shape index (κ3) is 3.27. The Morgan fingerprint density at radius 1 is 1.16 bits per heavy atom. The number of nitrogens with zero attached hydrogens (tertiary/aromatic N) is 1. The number of amides is 1. The summed E-state index contributed by atoms with van der Waals surface area (Å²) in [5, 5.41) is 3.46. The molecular formula is C19H13ClN2O3. The molecule has 6 heteroatoms. The van der Waals surface area contributed by atoms with Crippen molar-refractivity contribution in [1.29, 1.82) is 0 Å². The summed E-state index contributed by atoms with van der Waals surface area (Å²) in [7, 11) is 0. The first-order chi connectivity index (χ1) is 12.2. The molecule has 1 aliphatic heterocycles. The molecule has 3 aromatic rings. The zero-order chi connectivity index (χ0) is 17.2. The molecule has 0 spiro atoms. The van der Waals surface area contributed by atoms with Crippen LogP contribution in [-0.4, -0.2) is 17.5 Å². The van der Waals surface area contributed by atoms with Crippen molar-refractivity contribution in [2.45, 2.75) is 0 Å². The van der Waals surface area contributed by atoms with E-state index in [0.717, 1.165) is 16.9 Å². The Kier molecular flexibility index (Phi) is 3.99. The van der Waals surface area contributed by atoms with E-state index in [1.165, 1.54) is 6.39 Å². The van der Waals surface area contributed by atoms with Gasteiger partial charge in [-0.15, -0.1) is 0 Å². The quantitative estimate of drug-likeness (QED) is 0.758. The molecule has 0 saturated heterocycles. The zero-order valence-electron chi connectivity index (χ0n) is 13.0. The van der Waals surface area contributed by atoms with Crippen LogP contribution in [0.1, 0.15) is 5.56 Å². The van der Waals surface area contributed by atoms with Crippen LogP contribution in [0.2, 0.25) is 5.02 Å². The summed E-state index contributed by atoms with van der Waals surface area (Å²) >= 11 is 5.99. The lowest BCUT2D eigenvalue weighted by Crippen LogP contribution is -2.21. The number of rotatable bonds is 3. The van der Waals surface area contributed by atoms with E-state index in [1.807, 2.05) is 24.3 Å². The van der Waals surface area contributed by atoms with Gasteiger partial charge in [0.15, 0.2) is 12.2 Å². The highest BCUT2D eigenvalue weighted by Crippen LogP contribution is 2.29. The van der Waals surface area contributed by atoms with Gasteiger partial charge in [-0.25, -0.2) is 4.98 Å². The van der Waals surface area contributed by atoms with Crippen LogP contribution in [0.15, 0.2) is 65.0 Å². The molecule has 4 rings (SSSR count). The van der Waals surface area contributed by atoms with Crippen molar-refractivity contribution in [3.8, 4) is 17.1 Å². The highest BCUT2D eigenvalue weighted by Gasteiger charge is 2.17. The van der Waals surface area contributed by atoms with Crippen molar-refractivity contribution < 1.29 is 13.9 Å². The van der Waals surface area contributed by atoms with Crippen LogP contribution in [0.25, 0.3) is 17.4 Å². The second kappa shape index (κ2) is 6.45. The Balaban J connectivity index is 1.50. The summed E-state index contributed by atoms with van der Waals surface area (Å²) in [4.78, 5) is 16.3. The van der Waals surface area contributed by atoms with E-state index in [4.69, 9.17) is 20.8 Å². The maximum absolute atomic E-state index is 12.5. The van der Waals surface area contributed by atoms with Crippen LogP contribution in [0.3, 0.4) is 0 Å². The van der Waals surface area contributed by atoms with Gasteiger partial charge in [-0.2, -0.15) is 0 Å². The number of aromatic nitrogens is 1. The lowest BCUT2D eigenvalue weighted by Gasteiger charge is -2.18. The molecule has 2 heterocycles. The Morgan fingerprint density at radius 3 is 2.76 bits per heavy atom. The van der Waals surface area contributed by atoms with Crippen molar-refractivity contribution in [2.75, 3.05) is 11.9 Å². The van der Waals surface area contributed by atoms with Gasteiger partial charge in [-0.05, 0) is 48.5 Å². The van der Waals surface area contributed by atoms with Crippen LogP contribution in [0.5, 0.6) is 5.75 Å². The Labute approximate surface area is 148 Å². The average Bonchev–Trinajstić information content (AvgIpc) is 3.16. The average molecular weight is 353 g/mol. The molecule has 5 nitrogen and oxygen atoms in total. The molecule has 1 aliphatic rings. The van der Waals surface area contributed by atoms with Gasteiger partial charge in [-0.3, -0.25) is 4.79 Å². The third-order valence-electron chi connectivity index (χ3n) is 3.84. The molecule has 1 amide bonds. The zero-order valence-corrected chi connectivity index (χ0v) is 13.8. The number of hydrogen-bond acceptors (Lipinski definition) is 4. The van der Waals surface area contributed by atoms with Crippen LogP contribution in [0, 0.1) is 0 Å². The molecule has 25 heavy (non-hydrogen) atoms. The lowest BCUT2D eigenvalue weighted by atomic mass is 10.1. The standard InChI is InChI=1S/C19H13ClN2O3/c20-15-3-6-17-13(8-15)7-14(10-24-17)19(23)22-16-4-1-12(2-5-16)18-9-21-11-25-18/h1-9,11H,10H2,(H,22,23). The summed E-state index contributed by atoms with van der Waals surface area (Å²) in [5.41, 5.74) is 2.91. The molecule has 124 valence electrons. The topological polar surface area (TPSA) is 64.4 Å². The van der Waals surface area contributed by atoms with Crippen LogP contribution in [-0.2, 0) is 4.79 Å². The van der Waals surface area contributed by atoms with E-state index in [2.05, 4.69) is 10.3 Å². The number of carbonyl (C=O) groups is 1. The van der Waals surface area contributed by atoms with Crippen molar-refractivity contribution in [3.63, 3.8) is 0 Å². The number of hydrogen-bond donors (Lipinski definition) is 1. The molecule has 0 bridgehead atoms. The Bertz CT molecular complexity index is 947. The highest BCUT2D eigenvalue weighted by atomic mass is 35.5. The lowest BCUT2D eigenvalue weighted by molar-refractivity contribution is -0.113. The molecule has 0 aliphatic carbocycles. The van der Waals surface area contributed by atoms with Gasteiger partial charge in [-0.1, -0.05) is 11.6 Å². The predicted octanol–water partition coefficient (Wildman–Crippen LogP) is 4.41. The van der Waals surface area contributed by atoms with Crippen molar-refractivity contribution in [1.82, 2.24) is 4.98 Å². The van der Waals surface area contributed by atoms with Gasteiger partial charge in [0.25, 0.3) is 5.91 Å². The second-order valence-corrected chi connectivity index (χ2v) is 5.97. The second-order valence-electron chi connectivity index (χ2n) is 5.54. The van der Waals surface area contributed by atoms with E-state index in [-0.39, 0.29) is 12.5 Å². The van der Waals surface area contributed by atoms with Gasteiger partial charge in [0.2, 0.25) is 0 Å². The molecule has 0 fully saturated rings. The molecular weight excluding hydrogens is 340 g/mol. The fourth-order valence-electron chi connectivity index (χ4n) is 2.57. The maximum Gasteiger partial charge on any atom is 0.255 e. The van der Waals surface area contributed by atoms with E-state index >= 15 is 0 Å². The summed E-state index contributed by atoms with van der Waals surface area (Å²) in [6.45, 7) is 0.219. The van der Waals surface area contributed by atoms with E-state index in [9.17, 15) is 4.79 Å². The number of nitrogens with one attached hydrogen (secondary N) is 1. The first-order valence-corrected chi connectivity index (χ1v) is 8.00. The monoisotopic (exact) mass is 352 g/mol. The number of halogens is 1. The number of fused-ring (bicyclic) bond motifs is 1. The largest absolute Gasteiger partial charge is 0.488 e. The minimum atomic E-state index is -0.210. The van der Waals surface area contributed by atoms with E-state index < -0.39 is 0 Å². The fraction of sp³-hybridized carbons (Fsp3) is 0.0526. The number of anilines is 1. The van der Waals surface area contributed by atoms with Crippen molar-refractivity contribution in [2.24, 2.45) is 0 Å². The van der Waals surface area contributed by atoms with Crippen LogP contribution in [0.4, 0.5) is 5.69 Å². The van der Waals surface area contributed by atoms with E-state index in [0.29, 0.717) is 22.0 Å². The third-order valence-corrected chi connectivity index (χ3v) is 4.07. The molecule has 1 aromatic heterocycles. The number of ether oxygens (including phenoxy) is 1. The van der Waals surface area contributed by atoms with Gasteiger partial charge in [0, 0.05) is 21.8 Å². The number of oxazole rings is 1. The molecule has 0 atom stereocenters. The summed E-state index contributed by atoms with van der Waals surface area (Å²) in [6.07, 6.45) is 4.81. The SMILES string of the molecule is O=C(Nc1ccc(-c2cnco2)cc1)C1=Cc2cc(Cl)ccc2OC1. The highest BCUT2D eigenvalue weighted by molar-refractivity contribution is 6.30. The Hall–Kier alpha value is -3.05. The van der Waals surface area contributed by atoms with Gasteiger partial charge in [0.05, 0.1) is 11.8 Å². The van der Waals surface area contributed by atoms with Crippen LogP contribution < -0.4 is 10.1 Å². The minimum absolute atomic E-state index is 0.210. The smallest absolute Gasteiger partial charge is 0.255 e. The van der Waals surface area contributed by atoms with E-state index in [1.54, 1.807) is 30.5 Å². The Morgan fingerprint density at radius 2 is 2.00 bits per heavy atom. The minimum Gasteiger partial charge on any atom is -0.488 e. The van der Waals surface area contributed by atoms with Gasteiger partial charge < -0.3 is 14.5 Å². The number of benzene rings is 2. The predicted molar refractivity (Wildman–Crippen MR) is 95.5 cm³/mol. The normalized spacial score (nSPS) is 12.8. The van der Waals surface area contributed by atoms with Crippen molar-refractivity contribution >= 4 is 29.3 Å². The first kappa shape index (κ1) is 15.5. The molecule has 0 unspecified atom stereocenters. The van der Waals surface area contributed by atoms with Crippen LogP contribution >= 0.6 is 11.6 Å². The summed E-state index contributed by atoms with van der Waals surface area (Å²) < 4.78 is 10.9. The molecule has 2 aromatic carbocycles. The molecule has 0 radical (unpaired) electrons. The first-order valence-electron chi connectivity index (χ1n) is 7.62. The van der Waals surface area contributed by atoms with Crippen molar-refractivity contribution in [3.05, 3.63) is 71.2 Å².